The summed E-state index contributed by atoms with van der Waals surface area (Å²) in [5, 5.41) is 5.98. The zero-order chi connectivity index (χ0) is 22.9. The van der Waals surface area contributed by atoms with Crippen LogP contribution in [-0.4, -0.2) is 48.4 Å². The maximum Gasteiger partial charge on any atom is 0.321 e. The minimum Gasteiger partial charge on any atom is -0.497 e. The van der Waals surface area contributed by atoms with Gasteiger partial charge in [-0.1, -0.05) is 51.1 Å². The van der Waals surface area contributed by atoms with Crippen LogP contribution >= 0.6 is 0 Å². The zero-order valence-corrected chi connectivity index (χ0v) is 19.1. The predicted molar refractivity (Wildman–Crippen MR) is 125 cm³/mol. The molecule has 0 saturated carbocycles. The molecule has 0 atom stereocenters. The minimum atomic E-state index is -0.637. The number of methoxy groups -OCH3 is 1. The highest BCUT2D eigenvalue weighted by Crippen LogP contribution is 2.30. The summed E-state index contributed by atoms with van der Waals surface area (Å²) in [6, 6.07) is 15.1. The Balaban J connectivity index is 1.42. The van der Waals surface area contributed by atoms with E-state index in [9.17, 15) is 9.59 Å². The van der Waals surface area contributed by atoms with Crippen molar-refractivity contribution in [3.8, 4) is 5.75 Å². The molecular weight excluding hydrogens is 404 g/mol. The minimum absolute atomic E-state index is 0.0534. The number of anilines is 1. The lowest BCUT2D eigenvalue weighted by Gasteiger charge is -2.37. The number of nitrogens with one attached hydrogen (secondary N) is 2. The van der Waals surface area contributed by atoms with Gasteiger partial charge in [0.25, 0.3) is 5.91 Å². The van der Waals surface area contributed by atoms with Gasteiger partial charge in [-0.15, -0.1) is 0 Å². The van der Waals surface area contributed by atoms with Crippen LogP contribution in [-0.2, 0) is 10.2 Å². The van der Waals surface area contributed by atoms with Crippen LogP contribution in [0.1, 0.15) is 44.7 Å². The van der Waals surface area contributed by atoms with Crippen molar-refractivity contribution in [1.82, 2.24) is 10.2 Å². The highest BCUT2D eigenvalue weighted by molar-refractivity contribution is 6.46. The highest BCUT2D eigenvalue weighted by atomic mass is 16.5. The SMILES string of the molecule is COc1cccc(NC(=O)N2CCC3(CC2)N=C(c2ccc(C(C)(C)C)cc2)C(=O)N3)c1. The van der Waals surface area contributed by atoms with E-state index in [0.717, 1.165) is 5.56 Å². The van der Waals surface area contributed by atoms with E-state index in [-0.39, 0.29) is 17.4 Å². The largest absolute Gasteiger partial charge is 0.497 e. The van der Waals surface area contributed by atoms with Crippen LogP contribution < -0.4 is 15.4 Å². The smallest absolute Gasteiger partial charge is 0.321 e. The van der Waals surface area contributed by atoms with Crippen molar-refractivity contribution < 1.29 is 14.3 Å². The Labute approximate surface area is 188 Å². The molecular formula is C25H30N4O3. The van der Waals surface area contributed by atoms with Crippen molar-refractivity contribution in [2.45, 2.75) is 44.7 Å². The molecule has 1 saturated heterocycles. The number of carbonyl (C=O) groups excluding carboxylic acids is 2. The average molecular weight is 435 g/mol. The summed E-state index contributed by atoms with van der Waals surface area (Å²) in [6.45, 7) is 7.50. The fraction of sp³-hybridized carbons (Fsp3) is 0.400. The molecule has 2 aliphatic heterocycles. The van der Waals surface area contributed by atoms with Gasteiger partial charge >= 0.3 is 6.03 Å². The van der Waals surface area contributed by atoms with E-state index in [4.69, 9.17) is 9.73 Å². The van der Waals surface area contributed by atoms with E-state index >= 15 is 0 Å². The van der Waals surface area contributed by atoms with E-state index in [0.29, 0.717) is 43.1 Å². The highest BCUT2D eigenvalue weighted by Gasteiger charge is 2.43. The quantitative estimate of drug-likeness (QED) is 0.768. The van der Waals surface area contributed by atoms with E-state index in [1.807, 2.05) is 30.3 Å². The van der Waals surface area contributed by atoms with Crippen LogP contribution in [0.15, 0.2) is 53.5 Å². The van der Waals surface area contributed by atoms with Gasteiger partial charge in [-0.3, -0.25) is 9.79 Å². The lowest BCUT2D eigenvalue weighted by molar-refractivity contribution is -0.115. The summed E-state index contributed by atoms with van der Waals surface area (Å²) < 4.78 is 5.20. The third-order valence-corrected chi connectivity index (χ3v) is 6.11. The van der Waals surface area contributed by atoms with Gasteiger partial charge < -0.3 is 20.3 Å². The molecule has 0 aliphatic carbocycles. The van der Waals surface area contributed by atoms with E-state index in [2.05, 4.69) is 43.5 Å². The Morgan fingerprint density at radius 2 is 1.81 bits per heavy atom. The van der Waals surface area contributed by atoms with Crippen molar-refractivity contribution in [1.29, 1.82) is 0 Å². The number of benzene rings is 2. The molecule has 32 heavy (non-hydrogen) atoms. The van der Waals surface area contributed by atoms with E-state index in [1.54, 1.807) is 18.1 Å². The summed E-state index contributed by atoms with van der Waals surface area (Å²) in [4.78, 5) is 31.9. The van der Waals surface area contributed by atoms with Crippen LogP contribution in [0.5, 0.6) is 5.75 Å². The molecule has 0 aromatic heterocycles. The summed E-state index contributed by atoms with van der Waals surface area (Å²) in [7, 11) is 1.59. The molecule has 2 aromatic carbocycles. The molecule has 2 aromatic rings. The van der Waals surface area contributed by atoms with Crippen LogP contribution in [0.3, 0.4) is 0 Å². The molecule has 0 radical (unpaired) electrons. The summed E-state index contributed by atoms with van der Waals surface area (Å²) >= 11 is 0. The Kier molecular flexibility index (Phi) is 5.67. The molecule has 0 unspecified atom stereocenters. The molecule has 168 valence electrons. The monoisotopic (exact) mass is 434 g/mol. The molecule has 4 rings (SSSR count). The molecule has 1 fully saturated rings. The molecule has 1 spiro atoms. The standard InChI is InChI=1S/C25H30N4O3/c1-24(2,3)18-10-8-17(9-11-18)21-22(30)28-25(27-21)12-14-29(15-13-25)23(31)26-19-6-5-7-20(16-19)32-4/h5-11,16H,12-15H2,1-4H3,(H,26,31)(H,28,30). The first kappa shape index (κ1) is 21.9. The second-order valence-corrected chi connectivity index (χ2v) is 9.42. The molecule has 3 amide bonds. The molecule has 7 heteroatoms. The van der Waals surface area contributed by atoms with Crippen LogP contribution in [0.2, 0.25) is 0 Å². The van der Waals surface area contributed by atoms with Gasteiger partial charge in [0, 0.05) is 43.2 Å². The van der Waals surface area contributed by atoms with Crippen molar-refractivity contribution in [2.24, 2.45) is 4.99 Å². The van der Waals surface area contributed by atoms with Gasteiger partial charge in [-0.2, -0.15) is 0 Å². The van der Waals surface area contributed by atoms with Gasteiger partial charge in [0.05, 0.1) is 7.11 Å². The Morgan fingerprint density at radius 1 is 1.12 bits per heavy atom. The number of carbonyl (C=O) groups is 2. The normalized spacial score (nSPS) is 17.7. The fourth-order valence-electron chi connectivity index (χ4n) is 4.11. The van der Waals surface area contributed by atoms with Crippen molar-refractivity contribution >= 4 is 23.3 Å². The van der Waals surface area contributed by atoms with Gasteiger partial charge in [0.2, 0.25) is 0 Å². The average Bonchev–Trinajstić information content (AvgIpc) is 3.09. The Hall–Kier alpha value is -3.35. The third kappa shape index (κ3) is 4.47. The molecule has 2 aliphatic rings. The number of hydrogen-bond donors (Lipinski definition) is 2. The van der Waals surface area contributed by atoms with Crippen molar-refractivity contribution in [3.05, 3.63) is 59.7 Å². The number of piperidine rings is 1. The first-order valence-electron chi connectivity index (χ1n) is 10.9. The summed E-state index contributed by atoms with van der Waals surface area (Å²) in [6.07, 6.45) is 1.15. The van der Waals surface area contributed by atoms with Gasteiger partial charge in [-0.05, 0) is 23.1 Å². The number of aliphatic imine (C=N–C) groups is 1. The lowest BCUT2D eigenvalue weighted by atomic mass is 9.86. The number of amides is 3. The van der Waals surface area contributed by atoms with Crippen LogP contribution in [0.4, 0.5) is 10.5 Å². The predicted octanol–water partition coefficient (Wildman–Crippen LogP) is 3.94. The van der Waals surface area contributed by atoms with Crippen molar-refractivity contribution in [2.75, 3.05) is 25.5 Å². The number of rotatable bonds is 3. The maximum absolute atomic E-state index is 12.7. The topological polar surface area (TPSA) is 83.0 Å². The van der Waals surface area contributed by atoms with E-state index < -0.39 is 5.66 Å². The van der Waals surface area contributed by atoms with Gasteiger partial charge in [0.15, 0.2) is 0 Å². The molecule has 2 heterocycles. The third-order valence-electron chi connectivity index (χ3n) is 6.11. The number of urea groups is 1. The maximum atomic E-state index is 12.7. The zero-order valence-electron chi connectivity index (χ0n) is 19.1. The van der Waals surface area contributed by atoms with Crippen molar-refractivity contribution in [3.63, 3.8) is 0 Å². The number of ether oxygens (including phenoxy) is 1. The summed E-state index contributed by atoms with van der Waals surface area (Å²) in [5.41, 5.74) is 2.61. The Morgan fingerprint density at radius 3 is 2.44 bits per heavy atom. The van der Waals surface area contributed by atoms with Crippen LogP contribution in [0.25, 0.3) is 0 Å². The number of hydrogen-bond acceptors (Lipinski definition) is 4. The second kappa shape index (κ2) is 8.30. The first-order chi connectivity index (χ1) is 15.2. The summed E-state index contributed by atoms with van der Waals surface area (Å²) in [5.74, 6) is 0.536. The van der Waals surface area contributed by atoms with Crippen LogP contribution in [0, 0.1) is 0 Å². The first-order valence-corrected chi connectivity index (χ1v) is 10.9. The number of nitrogens with zero attached hydrogens (tertiary/aromatic N) is 2. The number of likely N-dealkylation sites (tertiary alicyclic amines) is 1. The van der Waals surface area contributed by atoms with Gasteiger partial charge in [0.1, 0.15) is 17.1 Å². The molecule has 7 nitrogen and oxygen atoms in total. The molecule has 2 N–H and O–H groups in total. The van der Waals surface area contributed by atoms with E-state index in [1.165, 1.54) is 5.56 Å². The lowest BCUT2D eigenvalue weighted by Crippen LogP contribution is -2.53. The Bertz CT molecular complexity index is 1050. The molecule has 0 bridgehead atoms. The van der Waals surface area contributed by atoms with Gasteiger partial charge in [-0.25, -0.2) is 4.79 Å². The second-order valence-electron chi connectivity index (χ2n) is 9.42. The fourth-order valence-corrected chi connectivity index (χ4v) is 4.11.